The molecule has 1 aromatic rings. The number of hydrogen-bond donors (Lipinski definition) is 1. The van der Waals surface area contributed by atoms with Gasteiger partial charge in [0, 0.05) is 42.8 Å². The van der Waals surface area contributed by atoms with E-state index in [4.69, 9.17) is 0 Å². The highest BCUT2D eigenvalue weighted by Crippen LogP contribution is 2.34. The Morgan fingerprint density at radius 3 is 3.06 bits per heavy atom. The van der Waals surface area contributed by atoms with Gasteiger partial charge in [-0.3, -0.25) is 9.88 Å². The van der Waals surface area contributed by atoms with Crippen LogP contribution in [0.1, 0.15) is 31.1 Å². The second-order valence-electron chi connectivity index (χ2n) is 5.31. The molecular weight excluding hydrogens is 230 g/mol. The van der Waals surface area contributed by atoms with Gasteiger partial charge in [-0.15, -0.1) is 11.3 Å². The van der Waals surface area contributed by atoms with Gasteiger partial charge in [-0.1, -0.05) is 6.92 Å². The summed E-state index contributed by atoms with van der Waals surface area (Å²) in [5.74, 6) is 0.955. The van der Waals surface area contributed by atoms with Crippen LogP contribution in [-0.2, 0) is 6.54 Å². The van der Waals surface area contributed by atoms with Crippen LogP contribution in [0.25, 0.3) is 0 Å². The van der Waals surface area contributed by atoms with Gasteiger partial charge in [0.1, 0.15) is 0 Å². The lowest BCUT2D eigenvalue weighted by Gasteiger charge is -2.40. The van der Waals surface area contributed by atoms with Crippen LogP contribution in [0.4, 0.5) is 0 Å². The predicted octanol–water partition coefficient (Wildman–Crippen LogP) is 2.11. The first-order valence-electron chi connectivity index (χ1n) is 6.71. The monoisotopic (exact) mass is 251 g/mol. The Bertz CT molecular complexity index is 348. The van der Waals surface area contributed by atoms with E-state index in [1.165, 1.54) is 30.7 Å². The molecule has 1 saturated carbocycles. The lowest BCUT2D eigenvalue weighted by Crippen LogP contribution is -2.56. The second kappa shape index (κ2) is 5.04. The Morgan fingerprint density at radius 1 is 1.53 bits per heavy atom. The molecule has 0 spiro atoms. The lowest BCUT2D eigenvalue weighted by atomic mass is 10.0. The summed E-state index contributed by atoms with van der Waals surface area (Å²) < 4.78 is 0. The summed E-state index contributed by atoms with van der Waals surface area (Å²) in [5, 5.41) is 3.74. The number of aromatic nitrogens is 1. The summed E-state index contributed by atoms with van der Waals surface area (Å²) in [4.78, 5) is 8.24. The zero-order chi connectivity index (χ0) is 11.7. The highest BCUT2D eigenvalue weighted by molar-refractivity contribution is 7.09. The molecule has 1 N–H and O–H groups in total. The Morgan fingerprint density at radius 2 is 2.41 bits per heavy atom. The maximum absolute atomic E-state index is 4.18. The average molecular weight is 251 g/mol. The van der Waals surface area contributed by atoms with Gasteiger partial charge in [0.05, 0.1) is 5.51 Å². The number of rotatable bonds is 4. The van der Waals surface area contributed by atoms with Crippen LogP contribution in [0.3, 0.4) is 0 Å². The van der Waals surface area contributed by atoms with Gasteiger partial charge in [-0.25, -0.2) is 0 Å². The van der Waals surface area contributed by atoms with Crippen LogP contribution in [0.5, 0.6) is 0 Å². The van der Waals surface area contributed by atoms with Gasteiger partial charge < -0.3 is 5.32 Å². The van der Waals surface area contributed by atoms with Gasteiger partial charge in [-0.05, 0) is 25.2 Å². The Kier molecular flexibility index (Phi) is 3.45. The fraction of sp³-hybridized carbons (Fsp3) is 0.769. The van der Waals surface area contributed by atoms with E-state index < -0.39 is 0 Å². The van der Waals surface area contributed by atoms with Crippen molar-refractivity contribution in [1.82, 2.24) is 15.2 Å². The average Bonchev–Trinajstić information content (AvgIpc) is 3.09. The van der Waals surface area contributed by atoms with Gasteiger partial charge in [-0.2, -0.15) is 0 Å². The summed E-state index contributed by atoms with van der Waals surface area (Å²) >= 11 is 1.78. The summed E-state index contributed by atoms with van der Waals surface area (Å²) in [5.41, 5.74) is 1.94. The van der Waals surface area contributed by atoms with Crippen molar-refractivity contribution in [2.75, 3.05) is 13.1 Å². The smallest absolute Gasteiger partial charge is 0.0794 e. The van der Waals surface area contributed by atoms with E-state index in [0.29, 0.717) is 6.04 Å². The molecule has 1 aromatic heterocycles. The molecule has 0 amide bonds. The van der Waals surface area contributed by atoms with Gasteiger partial charge in [0.15, 0.2) is 0 Å². The molecule has 1 aliphatic carbocycles. The zero-order valence-electron chi connectivity index (χ0n) is 10.4. The topological polar surface area (TPSA) is 28.2 Å². The second-order valence-corrected chi connectivity index (χ2v) is 6.28. The first kappa shape index (κ1) is 11.6. The molecule has 3 rings (SSSR count). The van der Waals surface area contributed by atoms with Crippen LogP contribution in [0.15, 0.2) is 11.7 Å². The number of nitrogens with zero attached hydrogens (tertiary/aromatic N) is 2. The molecule has 2 atom stereocenters. The van der Waals surface area contributed by atoms with Crippen molar-refractivity contribution in [3.05, 3.63) is 16.6 Å². The Hall–Kier alpha value is -0.450. The highest BCUT2D eigenvalue weighted by atomic mass is 32.1. The first-order valence-corrected chi connectivity index (χ1v) is 7.59. The molecule has 2 unspecified atom stereocenters. The molecule has 0 aromatic carbocycles. The minimum atomic E-state index is 0.701. The van der Waals surface area contributed by atoms with Gasteiger partial charge in [0.2, 0.25) is 0 Å². The van der Waals surface area contributed by atoms with E-state index in [9.17, 15) is 0 Å². The molecule has 1 saturated heterocycles. The normalized spacial score (nSPS) is 30.6. The third-order valence-electron chi connectivity index (χ3n) is 4.07. The standard InChI is InChI=1S/C13H21N3S/c1-2-11-5-15-13(10-3-4-10)8-16(11)7-12-6-14-9-17-12/h6,9-11,13,15H,2-5,7-8H2,1H3. The summed E-state index contributed by atoms with van der Waals surface area (Å²) in [6, 6.07) is 1.44. The fourth-order valence-corrected chi connectivity index (χ4v) is 3.43. The summed E-state index contributed by atoms with van der Waals surface area (Å²) in [7, 11) is 0. The lowest BCUT2D eigenvalue weighted by molar-refractivity contribution is 0.113. The minimum absolute atomic E-state index is 0.701. The number of thiazole rings is 1. The molecule has 17 heavy (non-hydrogen) atoms. The maximum Gasteiger partial charge on any atom is 0.0794 e. The number of piperazine rings is 1. The van der Waals surface area contributed by atoms with E-state index in [0.717, 1.165) is 25.0 Å². The first-order chi connectivity index (χ1) is 8.36. The molecule has 4 heteroatoms. The van der Waals surface area contributed by atoms with Gasteiger partial charge >= 0.3 is 0 Å². The van der Waals surface area contributed by atoms with Crippen LogP contribution in [-0.4, -0.2) is 35.1 Å². The SMILES string of the molecule is CCC1CNC(C2CC2)CN1Cc1cncs1. The van der Waals surface area contributed by atoms with Crippen molar-refractivity contribution in [1.29, 1.82) is 0 Å². The Labute approximate surface area is 107 Å². The molecule has 0 bridgehead atoms. The van der Waals surface area contributed by atoms with Crippen LogP contribution < -0.4 is 5.32 Å². The molecular formula is C13H21N3S. The fourth-order valence-electron chi connectivity index (χ4n) is 2.81. The largest absolute Gasteiger partial charge is 0.311 e. The molecule has 94 valence electrons. The molecule has 2 aliphatic rings. The number of nitrogens with one attached hydrogen (secondary N) is 1. The third-order valence-corrected chi connectivity index (χ3v) is 4.83. The number of hydrogen-bond acceptors (Lipinski definition) is 4. The van der Waals surface area contributed by atoms with Gasteiger partial charge in [0.25, 0.3) is 0 Å². The van der Waals surface area contributed by atoms with Crippen LogP contribution in [0, 0.1) is 5.92 Å². The van der Waals surface area contributed by atoms with Crippen molar-refractivity contribution >= 4 is 11.3 Å². The quantitative estimate of drug-likeness (QED) is 0.888. The van der Waals surface area contributed by atoms with E-state index in [1.807, 2.05) is 11.7 Å². The molecule has 1 aliphatic heterocycles. The van der Waals surface area contributed by atoms with Crippen molar-refractivity contribution in [2.45, 2.75) is 44.8 Å². The van der Waals surface area contributed by atoms with E-state index in [-0.39, 0.29) is 0 Å². The van der Waals surface area contributed by atoms with Crippen LogP contribution in [0.2, 0.25) is 0 Å². The minimum Gasteiger partial charge on any atom is -0.311 e. The zero-order valence-corrected chi connectivity index (χ0v) is 11.2. The molecule has 0 radical (unpaired) electrons. The van der Waals surface area contributed by atoms with Crippen molar-refractivity contribution in [3.63, 3.8) is 0 Å². The highest BCUT2D eigenvalue weighted by Gasteiger charge is 2.36. The Balaban J connectivity index is 1.64. The molecule has 2 fully saturated rings. The van der Waals surface area contributed by atoms with Crippen molar-refractivity contribution in [2.24, 2.45) is 5.92 Å². The van der Waals surface area contributed by atoms with Crippen LogP contribution >= 0.6 is 11.3 Å². The third kappa shape index (κ3) is 2.69. The maximum atomic E-state index is 4.18. The predicted molar refractivity (Wildman–Crippen MR) is 71.1 cm³/mol. The molecule has 3 nitrogen and oxygen atoms in total. The summed E-state index contributed by atoms with van der Waals surface area (Å²) in [6.07, 6.45) is 6.13. The van der Waals surface area contributed by atoms with E-state index in [2.05, 4.69) is 22.1 Å². The van der Waals surface area contributed by atoms with Crippen molar-refractivity contribution in [3.8, 4) is 0 Å². The molecule has 2 heterocycles. The van der Waals surface area contributed by atoms with E-state index in [1.54, 1.807) is 11.3 Å². The van der Waals surface area contributed by atoms with Crippen molar-refractivity contribution < 1.29 is 0 Å². The summed E-state index contributed by atoms with van der Waals surface area (Å²) in [6.45, 7) is 5.77. The van der Waals surface area contributed by atoms with E-state index >= 15 is 0 Å².